The number of halogens is 1. The van der Waals surface area contributed by atoms with Crippen molar-refractivity contribution in [3.63, 3.8) is 0 Å². The lowest BCUT2D eigenvalue weighted by atomic mass is 10.0. The zero-order valence-electron chi connectivity index (χ0n) is 14.2. The summed E-state index contributed by atoms with van der Waals surface area (Å²) in [5.41, 5.74) is 1.26. The van der Waals surface area contributed by atoms with Gasteiger partial charge in [0.2, 0.25) is 0 Å². The maximum atomic E-state index is 4.31. The van der Waals surface area contributed by atoms with Gasteiger partial charge in [-0.1, -0.05) is 43.3 Å². The van der Waals surface area contributed by atoms with Crippen LogP contribution in [0.15, 0.2) is 47.5 Å². The number of fused-ring (bicyclic) bond motifs is 1. The van der Waals surface area contributed by atoms with Gasteiger partial charge in [0.05, 0.1) is 6.04 Å². The molecule has 2 rings (SSSR count). The summed E-state index contributed by atoms with van der Waals surface area (Å²) >= 11 is 1.85. The second kappa shape index (κ2) is 10.0. The van der Waals surface area contributed by atoms with Crippen molar-refractivity contribution in [2.24, 2.45) is 4.99 Å². The van der Waals surface area contributed by atoms with Crippen molar-refractivity contribution in [3.8, 4) is 0 Å². The lowest BCUT2D eigenvalue weighted by Crippen LogP contribution is -2.41. The molecule has 23 heavy (non-hydrogen) atoms. The normalized spacial score (nSPS) is 14.0. The van der Waals surface area contributed by atoms with Gasteiger partial charge in [-0.25, -0.2) is 0 Å². The van der Waals surface area contributed by atoms with Gasteiger partial charge in [-0.05, 0) is 35.6 Å². The lowest BCUT2D eigenvalue weighted by Gasteiger charge is -2.20. The van der Waals surface area contributed by atoms with E-state index >= 15 is 0 Å². The van der Waals surface area contributed by atoms with Crippen LogP contribution in [-0.4, -0.2) is 31.1 Å². The van der Waals surface area contributed by atoms with Crippen molar-refractivity contribution in [2.45, 2.75) is 25.1 Å². The Bertz CT molecular complexity index is 645. The summed E-state index contributed by atoms with van der Waals surface area (Å²) in [7, 11) is 1.81. The van der Waals surface area contributed by atoms with Crippen molar-refractivity contribution >= 4 is 52.5 Å². The summed E-state index contributed by atoms with van der Waals surface area (Å²) in [4.78, 5) is 4.31. The molecule has 0 saturated carbocycles. The first-order chi connectivity index (χ1) is 10.6. The monoisotopic (exact) mass is 443 g/mol. The minimum Gasteiger partial charge on any atom is -0.355 e. The van der Waals surface area contributed by atoms with E-state index in [0.29, 0.717) is 5.25 Å². The molecular weight excluding hydrogens is 417 g/mol. The van der Waals surface area contributed by atoms with Crippen molar-refractivity contribution < 1.29 is 0 Å². The molecule has 0 radical (unpaired) electrons. The van der Waals surface area contributed by atoms with Crippen molar-refractivity contribution in [1.82, 2.24) is 10.6 Å². The molecular formula is C18H26IN3S. The molecule has 0 aromatic heterocycles. The molecule has 2 aromatic rings. The highest BCUT2D eigenvalue weighted by Gasteiger charge is 2.09. The Morgan fingerprint density at radius 3 is 2.48 bits per heavy atom. The molecule has 0 fully saturated rings. The molecule has 2 atom stereocenters. The van der Waals surface area contributed by atoms with Gasteiger partial charge in [-0.2, -0.15) is 11.8 Å². The van der Waals surface area contributed by atoms with Gasteiger partial charge in [-0.15, -0.1) is 24.0 Å². The molecule has 0 saturated heterocycles. The van der Waals surface area contributed by atoms with E-state index in [1.54, 1.807) is 0 Å². The third-order valence-corrected chi connectivity index (χ3v) is 4.78. The van der Waals surface area contributed by atoms with Gasteiger partial charge < -0.3 is 10.6 Å². The van der Waals surface area contributed by atoms with Gasteiger partial charge in [0.1, 0.15) is 0 Å². The summed E-state index contributed by atoms with van der Waals surface area (Å²) in [5.74, 6) is 0.849. The number of hydrogen-bond donors (Lipinski definition) is 2. The molecule has 0 aliphatic heterocycles. The van der Waals surface area contributed by atoms with Crippen molar-refractivity contribution in [1.29, 1.82) is 0 Å². The third-order valence-electron chi connectivity index (χ3n) is 3.81. The maximum absolute atomic E-state index is 4.31. The summed E-state index contributed by atoms with van der Waals surface area (Å²) in [6, 6.07) is 15.2. The fourth-order valence-corrected chi connectivity index (χ4v) is 2.53. The van der Waals surface area contributed by atoms with Gasteiger partial charge in [0, 0.05) is 18.8 Å². The molecule has 2 aromatic carbocycles. The van der Waals surface area contributed by atoms with Gasteiger partial charge in [0.15, 0.2) is 5.96 Å². The average molecular weight is 443 g/mol. The zero-order valence-corrected chi connectivity index (χ0v) is 17.3. The molecule has 3 nitrogen and oxygen atoms in total. The second-order valence-corrected chi connectivity index (χ2v) is 6.75. The summed E-state index contributed by atoms with van der Waals surface area (Å²) < 4.78 is 0. The molecule has 2 unspecified atom stereocenters. The largest absolute Gasteiger partial charge is 0.355 e. The first-order valence-electron chi connectivity index (χ1n) is 7.62. The summed E-state index contributed by atoms with van der Waals surface area (Å²) in [5, 5.41) is 9.94. The average Bonchev–Trinajstić information content (AvgIpc) is 2.57. The number of hydrogen-bond acceptors (Lipinski definition) is 2. The number of rotatable bonds is 5. The highest BCUT2D eigenvalue weighted by molar-refractivity contribution is 14.0. The van der Waals surface area contributed by atoms with Crippen LogP contribution in [0, 0.1) is 0 Å². The summed E-state index contributed by atoms with van der Waals surface area (Å²) in [6.45, 7) is 5.28. The lowest BCUT2D eigenvalue weighted by molar-refractivity contribution is 0.684. The Balaban J connectivity index is 0.00000264. The zero-order chi connectivity index (χ0) is 15.9. The Morgan fingerprint density at radius 1 is 1.13 bits per heavy atom. The van der Waals surface area contributed by atoms with Crippen LogP contribution in [0.1, 0.15) is 25.5 Å². The van der Waals surface area contributed by atoms with E-state index in [1.165, 1.54) is 16.3 Å². The van der Waals surface area contributed by atoms with Crippen molar-refractivity contribution in [3.05, 3.63) is 48.0 Å². The second-order valence-electron chi connectivity index (χ2n) is 5.47. The van der Waals surface area contributed by atoms with Gasteiger partial charge in [-0.3, -0.25) is 4.99 Å². The first kappa shape index (κ1) is 20.1. The Labute approximate surface area is 160 Å². The first-order valence-corrected chi connectivity index (χ1v) is 8.91. The highest BCUT2D eigenvalue weighted by Crippen LogP contribution is 2.20. The van der Waals surface area contributed by atoms with Crippen LogP contribution in [0.2, 0.25) is 0 Å². The Hall–Kier alpha value is -0.950. The molecule has 0 heterocycles. The van der Waals surface area contributed by atoms with E-state index in [-0.39, 0.29) is 30.0 Å². The van der Waals surface area contributed by atoms with E-state index in [9.17, 15) is 0 Å². The van der Waals surface area contributed by atoms with Crippen LogP contribution in [0.5, 0.6) is 0 Å². The van der Waals surface area contributed by atoms with Gasteiger partial charge >= 0.3 is 0 Å². The number of aliphatic imine (C=N–C) groups is 1. The van der Waals surface area contributed by atoms with Crippen LogP contribution >= 0.6 is 35.7 Å². The fraction of sp³-hybridized carbons (Fsp3) is 0.389. The van der Waals surface area contributed by atoms with E-state index < -0.39 is 0 Å². The Kier molecular flexibility index (Phi) is 8.76. The number of nitrogens with one attached hydrogen (secondary N) is 2. The number of guanidine groups is 1. The minimum atomic E-state index is 0. The minimum absolute atomic E-state index is 0. The Morgan fingerprint density at radius 2 is 1.83 bits per heavy atom. The fourth-order valence-electron chi connectivity index (χ4n) is 2.28. The number of thioether (sulfide) groups is 1. The smallest absolute Gasteiger partial charge is 0.191 e. The maximum Gasteiger partial charge on any atom is 0.191 e. The SMILES string of the molecule is CN=C(NCC(C)SC)NC(C)c1ccc2ccccc2c1.I. The van der Waals surface area contributed by atoms with Crippen LogP contribution in [0.4, 0.5) is 0 Å². The van der Waals surface area contributed by atoms with Crippen LogP contribution in [0.25, 0.3) is 10.8 Å². The quantitative estimate of drug-likeness (QED) is 0.408. The van der Waals surface area contributed by atoms with Crippen LogP contribution < -0.4 is 10.6 Å². The van der Waals surface area contributed by atoms with E-state index in [0.717, 1.165) is 12.5 Å². The molecule has 5 heteroatoms. The molecule has 126 valence electrons. The predicted octanol–water partition coefficient (Wildman–Crippen LogP) is 4.44. The molecule has 2 N–H and O–H groups in total. The molecule has 0 spiro atoms. The molecule has 0 aliphatic rings. The van der Waals surface area contributed by atoms with E-state index in [2.05, 4.69) is 78.2 Å². The van der Waals surface area contributed by atoms with Crippen LogP contribution in [-0.2, 0) is 0 Å². The number of benzene rings is 2. The van der Waals surface area contributed by atoms with E-state index in [4.69, 9.17) is 0 Å². The van der Waals surface area contributed by atoms with Crippen LogP contribution in [0.3, 0.4) is 0 Å². The highest BCUT2D eigenvalue weighted by atomic mass is 127. The molecule has 0 bridgehead atoms. The topological polar surface area (TPSA) is 36.4 Å². The van der Waals surface area contributed by atoms with Crippen molar-refractivity contribution in [2.75, 3.05) is 19.8 Å². The third kappa shape index (κ3) is 5.88. The molecule has 0 amide bonds. The van der Waals surface area contributed by atoms with E-state index in [1.807, 2.05) is 18.8 Å². The summed E-state index contributed by atoms with van der Waals surface area (Å²) in [6.07, 6.45) is 2.13. The number of nitrogens with zero attached hydrogens (tertiary/aromatic N) is 1. The van der Waals surface area contributed by atoms with Gasteiger partial charge in [0.25, 0.3) is 0 Å². The standard InChI is InChI=1S/C18H25N3S.HI/c1-13(22-4)12-20-18(19-3)21-14(2)16-10-9-15-7-5-6-8-17(15)11-16;/h5-11,13-14H,12H2,1-4H3,(H2,19,20,21);1H. The predicted molar refractivity (Wildman–Crippen MR) is 115 cm³/mol. The molecule has 0 aliphatic carbocycles.